The van der Waals surface area contributed by atoms with Gasteiger partial charge in [-0.1, -0.05) is 19.6 Å². The summed E-state index contributed by atoms with van der Waals surface area (Å²) >= 11 is 0. The highest BCUT2D eigenvalue weighted by atomic mass is 28.3. The van der Waals surface area contributed by atoms with Crippen LogP contribution in [-0.2, 0) is 0 Å². The lowest BCUT2D eigenvalue weighted by Crippen LogP contribution is -2.39. The van der Waals surface area contributed by atoms with E-state index in [1.54, 1.807) is 12.3 Å². The van der Waals surface area contributed by atoms with Crippen LogP contribution in [0.1, 0.15) is 0 Å². The largest absolute Gasteiger partial charge is 0.262 e. The van der Waals surface area contributed by atoms with Gasteiger partial charge in [0.2, 0.25) is 0 Å². The molecule has 0 aliphatic heterocycles. The van der Waals surface area contributed by atoms with Crippen molar-refractivity contribution >= 4 is 13.3 Å². The van der Waals surface area contributed by atoms with Gasteiger partial charge in [0, 0.05) is 6.20 Å². The van der Waals surface area contributed by atoms with Crippen molar-refractivity contribution in [2.45, 2.75) is 19.6 Å². The van der Waals surface area contributed by atoms with E-state index in [4.69, 9.17) is 0 Å². The third kappa shape index (κ3) is 1.86. The topological polar surface area (TPSA) is 12.9 Å². The van der Waals surface area contributed by atoms with Gasteiger partial charge in [0.25, 0.3) is 0 Å². The van der Waals surface area contributed by atoms with E-state index in [2.05, 4.69) is 24.6 Å². The fourth-order valence-corrected chi connectivity index (χ4v) is 2.34. The summed E-state index contributed by atoms with van der Waals surface area (Å²) in [6.45, 7) is 6.35. The van der Waals surface area contributed by atoms with Gasteiger partial charge in [0.05, 0.1) is 14.3 Å². The molecule has 0 aliphatic carbocycles. The van der Waals surface area contributed by atoms with Crippen LogP contribution in [0.3, 0.4) is 0 Å². The minimum absolute atomic E-state index is 0.160. The first-order chi connectivity index (χ1) is 5.02. The summed E-state index contributed by atoms with van der Waals surface area (Å²) in [6.07, 6.45) is 2.93. The highest BCUT2D eigenvalue weighted by Crippen LogP contribution is 2.03. The number of pyridine rings is 1. The molecule has 1 rings (SSSR count). The number of nitrogens with zero attached hydrogens (tertiary/aromatic N) is 1. The van der Waals surface area contributed by atoms with E-state index in [0.717, 1.165) is 5.19 Å². The van der Waals surface area contributed by atoms with Crippen molar-refractivity contribution < 1.29 is 4.39 Å². The van der Waals surface area contributed by atoms with E-state index >= 15 is 0 Å². The van der Waals surface area contributed by atoms with E-state index in [9.17, 15) is 4.39 Å². The molecule has 0 radical (unpaired) electrons. The van der Waals surface area contributed by atoms with Crippen molar-refractivity contribution in [3.8, 4) is 0 Å². The third-order valence-corrected chi connectivity index (χ3v) is 3.60. The molecule has 60 valence electrons. The Labute approximate surface area is 67.3 Å². The van der Waals surface area contributed by atoms with Crippen molar-refractivity contribution in [2.24, 2.45) is 0 Å². The predicted molar refractivity (Wildman–Crippen MR) is 47.2 cm³/mol. The first-order valence-corrected chi connectivity index (χ1v) is 7.12. The van der Waals surface area contributed by atoms with Crippen LogP contribution in [0.5, 0.6) is 0 Å². The lowest BCUT2D eigenvalue weighted by Gasteiger charge is -2.16. The molecule has 0 atom stereocenters. The summed E-state index contributed by atoms with van der Waals surface area (Å²) in [5, 5.41) is 0.854. The van der Waals surface area contributed by atoms with Crippen LogP contribution in [0.25, 0.3) is 0 Å². The van der Waals surface area contributed by atoms with Crippen molar-refractivity contribution in [1.29, 1.82) is 0 Å². The van der Waals surface area contributed by atoms with Crippen LogP contribution in [0.4, 0.5) is 4.39 Å². The maximum Gasteiger partial charge on any atom is 0.140 e. The van der Waals surface area contributed by atoms with Gasteiger partial charge in [-0.3, -0.25) is 4.98 Å². The molecule has 0 fully saturated rings. The average Bonchev–Trinajstić information content (AvgIpc) is 1.86. The van der Waals surface area contributed by atoms with Gasteiger partial charge in [0.15, 0.2) is 0 Å². The number of hydrogen-bond donors (Lipinski definition) is 0. The fourth-order valence-electron chi connectivity index (χ4n) is 0.983. The monoisotopic (exact) mass is 169 g/mol. The van der Waals surface area contributed by atoms with E-state index in [0.29, 0.717) is 0 Å². The van der Waals surface area contributed by atoms with Crippen LogP contribution in [0, 0.1) is 5.82 Å². The fraction of sp³-hybridized carbons (Fsp3) is 0.375. The normalized spacial score (nSPS) is 11.6. The van der Waals surface area contributed by atoms with Crippen LogP contribution in [0.2, 0.25) is 19.6 Å². The van der Waals surface area contributed by atoms with Crippen molar-refractivity contribution in [3.05, 3.63) is 24.3 Å². The lowest BCUT2D eigenvalue weighted by atomic mass is 10.5. The summed E-state index contributed by atoms with van der Waals surface area (Å²) in [4.78, 5) is 3.71. The summed E-state index contributed by atoms with van der Waals surface area (Å²) < 4.78 is 13.1. The Kier molecular flexibility index (Phi) is 2.09. The van der Waals surface area contributed by atoms with Gasteiger partial charge in [-0.15, -0.1) is 0 Å². The van der Waals surface area contributed by atoms with Crippen LogP contribution < -0.4 is 5.19 Å². The molecule has 0 saturated heterocycles. The van der Waals surface area contributed by atoms with Gasteiger partial charge in [-0.2, -0.15) is 0 Å². The minimum Gasteiger partial charge on any atom is -0.262 e. The highest BCUT2D eigenvalue weighted by Gasteiger charge is 2.19. The number of hydrogen-bond acceptors (Lipinski definition) is 1. The third-order valence-electron chi connectivity index (χ3n) is 1.58. The van der Waals surface area contributed by atoms with E-state index in [-0.39, 0.29) is 5.82 Å². The van der Waals surface area contributed by atoms with Crippen LogP contribution in [0.15, 0.2) is 18.5 Å². The summed E-state index contributed by atoms with van der Waals surface area (Å²) in [5.41, 5.74) is 0. The minimum atomic E-state index is -1.49. The molecule has 1 aromatic rings. The molecule has 0 spiro atoms. The number of aromatic nitrogens is 1. The molecule has 0 aromatic carbocycles. The van der Waals surface area contributed by atoms with Gasteiger partial charge in [0.1, 0.15) is 5.82 Å². The zero-order valence-electron chi connectivity index (χ0n) is 7.06. The molecule has 1 heterocycles. The SMILES string of the molecule is C[Si](C)(C)c1ccncc1F. The second kappa shape index (κ2) is 2.74. The molecular weight excluding hydrogens is 157 g/mol. The summed E-state index contributed by atoms with van der Waals surface area (Å²) in [7, 11) is -1.49. The molecule has 0 unspecified atom stereocenters. The smallest absolute Gasteiger partial charge is 0.140 e. The lowest BCUT2D eigenvalue weighted by molar-refractivity contribution is 0.629. The van der Waals surface area contributed by atoms with Gasteiger partial charge < -0.3 is 0 Å². The molecule has 1 aromatic heterocycles. The van der Waals surface area contributed by atoms with Crippen molar-refractivity contribution in [1.82, 2.24) is 4.98 Å². The second-order valence-corrected chi connectivity index (χ2v) is 8.64. The Balaban J connectivity index is 3.14. The highest BCUT2D eigenvalue weighted by molar-refractivity contribution is 6.88. The number of rotatable bonds is 1. The molecule has 0 saturated carbocycles. The molecule has 11 heavy (non-hydrogen) atoms. The van der Waals surface area contributed by atoms with Gasteiger partial charge in [-0.05, 0) is 11.3 Å². The van der Waals surface area contributed by atoms with E-state index in [1.807, 2.05) is 0 Å². The van der Waals surface area contributed by atoms with Crippen LogP contribution in [-0.4, -0.2) is 13.1 Å². The van der Waals surface area contributed by atoms with E-state index < -0.39 is 8.07 Å². The Morgan fingerprint density at radius 2 is 2.00 bits per heavy atom. The summed E-state index contributed by atoms with van der Waals surface area (Å²) in [5.74, 6) is -0.160. The van der Waals surface area contributed by atoms with Crippen molar-refractivity contribution in [2.75, 3.05) is 0 Å². The standard InChI is InChI=1S/C8H12FNSi/c1-11(2,3)8-4-5-10-6-7(8)9/h4-6H,1-3H3. The molecular formula is C8H12FNSi. The zero-order chi connectivity index (χ0) is 8.48. The Bertz CT molecular complexity index is 255. The zero-order valence-corrected chi connectivity index (χ0v) is 8.06. The predicted octanol–water partition coefficient (Wildman–Crippen LogP) is 1.77. The molecule has 3 heteroatoms. The quantitative estimate of drug-likeness (QED) is 0.584. The van der Waals surface area contributed by atoms with Gasteiger partial charge >= 0.3 is 0 Å². The maximum absolute atomic E-state index is 13.1. The maximum atomic E-state index is 13.1. The summed E-state index contributed by atoms with van der Waals surface area (Å²) in [6, 6.07) is 1.78. The Hall–Kier alpha value is -0.703. The molecule has 0 N–H and O–H groups in total. The van der Waals surface area contributed by atoms with Gasteiger partial charge in [-0.25, -0.2) is 4.39 Å². The molecule has 0 amide bonds. The number of halogens is 1. The Morgan fingerprint density at radius 3 is 2.36 bits per heavy atom. The molecule has 1 nitrogen and oxygen atoms in total. The average molecular weight is 169 g/mol. The second-order valence-electron chi connectivity index (χ2n) is 3.61. The molecule has 0 aliphatic rings. The van der Waals surface area contributed by atoms with Crippen LogP contribution >= 0.6 is 0 Å². The molecule has 0 bridgehead atoms. The van der Waals surface area contributed by atoms with E-state index in [1.165, 1.54) is 6.20 Å². The van der Waals surface area contributed by atoms with Crippen molar-refractivity contribution in [3.63, 3.8) is 0 Å². The Morgan fingerprint density at radius 1 is 1.36 bits per heavy atom. The first kappa shape index (κ1) is 8.39. The first-order valence-electron chi connectivity index (χ1n) is 3.62.